The summed E-state index contributed by atoms with van der Waals surface area (Å²) in [6, 6.07) is 14.4. The highest BCUT2D eigenvalue weighted by molar-refractivity contribution is 5.79. The molecule has 6 nitrogen and oxygen atoms in total. The molecular weight excluding hydrogens is 402 g/mol. The molecule has 170 valence electrons. The van der Waals surface area contributed by atoms with Crippen LogP contribution in [-0.2, 0) is 4.79 Å². The van der Waals surface area contributed by atoms with Crippen LogP contribution in [0, 0.1) is 0 Å². The van der Waals surface area contributed by atoms with Crippen molar-refractivity contribution in [3.8, 4) is 11.4 Å². The van der Waals surface area contributed by atoms with Crippen molar-refractivity contribution >= 4 is 16.8 Å². The second kappa shape index (κ2) is 10.9. The Bertz CT molecular complexity index is 1120. The maximum Gasteiger partial charge on any atom is 0.266 e. The molecular formula is C26H33N3O3. The molecule has 0 aliphatic carbocycles. The minimum absolute atomic E-state index is 0.0989. The molecule has 1 atom stereocenters. The van der Waals surface area contributed by atoms with E-state index in [9.17, 15) is 9.59 Å². The molecule has 0 fully saturated rings. The number of benzene rings is 2. The largest absolute Gasteiger partial charge is 0.495 e. The van der Waals surface area contributed by atoms with Gasteiger partial charge in [0.25, 0.3) is 5.56 Å². The Balaban J connectivity index is 2.23. The average molecular weight is 436 g/mol. The minimum atomic E-state index is -0.323. The normalized spacial score (nSPS) is 12.0. The summed E-state index contributed by atoms with van der Waals surface area (Å²) < 4.78 is 7.19. The second-order valence-electron chi connectivity index (χ2n) is 7.86. The van der Waals surface area contributed by atoms with Crippen molar-refractivity contribution < 1.29 is 9.53 Å². The van der Waals surface area contributed by atoms with Gasteiger partial charge in [-0.25, -0.2) is 4.98 Å². The van der Waals surface area contributed by atoms with Crippen molar-refractivity contribution in [2.45, 2.75) is 58.9 Å². The van der Waals surface area contributed by atoms with Crippen LogP contribution in [0.5, 0.6) is 5.75 Å². The number of rotatable bonds is 10. The van der Waals surface area contributed by atoms with Crippen LogP contribution >= 0.6 is 0 Å². The quantitative estimate of drug-likeness (QED) is 0.407. The van der Waals surface area contributed by atoms with Gasteiger partial charge in [-0.15, -0.1) is 0 Å². The summed E-state index contributed by atoms with van der Waals surface area (Å²) in [6.07, 6.45) is 4.11. The van der Waals surface area contributed by atoms with Gasteiger partial charge in [-0.2, -0.15) is 0 Å². The number of carbonyl (C=O) groups is 1. The Kier molecular flexibility index (Phi) is 8.03. The predicted molar refractivity (Wildman–Crippen MR) is 128 cm³/mol. The number of para-hydroxylation sites is 3. The van der Waals surface area contributed by atoms with Crippen LogP contribution < -0.4 is 10.3 Å². The summed E-state index contributed by atoms with van der Waals surface area (Å²) in [5.41, 5.74) is 1.09. The second-order valence-corrected chi connectivity index (χ2v) is 7.86. The average Bonchev–Trinajstić information content (AvgIpc) is 2.82. The SMILES string of the molecule is CCCCCC(=O)N(CC)C(CC)c1nc2ccccc2c(=O)n1-c1ccccc1OC. The number of amides is 1. The van der Waals surface area contributed by atoms with Gasteiger partial charge in [0.2, 0.25) is 5.91 Å². The van der Waals surface area contributed by atoms with Gasteiger partial charge in [0.15, 0.2) is 0 Å². The molecule has 0 radical (unpaired) electrons. The molecule has 0 N–H and O–H groups in total. The first-order valence-electron chi connectivity index (χ1n) is 11.5. The number of ether oxygens (including phenoxy) is 1. The van der Waals surface area contributed by atoms with Crippen LogP contribution in [0.2, 0.25) is 0 Å². The number of hydrogen-bond acceptors (Lipinski definition) is 4. The lowest BCUT2D eigenvalue weighted by Gasteiger charge is -2.31. The fraction of sp³-hybridized carbons (Fsp3) is 0.423. The number of aromatic nitrogens is 2. The number of methoxy groups -OCH3 is 1. The van der Waals surface area contributed by atoms with Crippen LogP contribution in [0.25, 0.3) is 16.6 Å². The number of nitrogens with zero attached hydrogens (tertiary/aromatic N) is 3. The van der Waals surface area contributed by atoms with E-state index in [-0.39, 0.29) is 17.5 Å². The highest BCUT2D eigenvalue weighted by Crippen LogP contribution is 2.29. The Hall–Kier alpha value is -3.15. The molecule has 2 aromatic carbocycles. The van der Waals surface area contributed by atoms with E-state index < -0.39 is 0 Å². The van der Waals surface area contributed by atoms with Crippen LogP contribution in [0.3, 0.4) is 0 Å². The molecule has 6 heteroatoms. The van der Waals surface area contributed by atoms with Crippen LogP contribution in [0.4, 0.5) is 0 Å². The molecule has 1 amide bonds. The minimum Gasteiger partial charge on any atom is -0.495 e. The van der Waals surface area contributed by atoms with E-state index in [1.807, 2.05) is 61.2 Å². The first kappa shape index (κ1) is 23.5. The Morgan fingerprint density at radius 1 is 1.06 bits per heavy atom. The van der Waals surface area contributed by atoms with Gasteiger partial charge in [0.1, 0.15) is 11.6 Å². The van der Waals surface area contributed by atoms with Crippen molar-refractivity contribution in [3.05, 3.63) is 64.7 Å². The zero-order chi connectivity index (χ0) is 23.1. The van der Waals surface area contributed by atoms with Gasteiger partial charge in [-0.3, -0.25) is 14.2 Å². The van der Waals surface area contributed by atoms with Crippen LogP contribution in [0.1, 0.15) is 64.7 Å². The third-order valence-electron chi connectivity index (χ3n) is 5.84. The maximum absolute atomic E-state index is 13.7. The standard InChI is InChI=1S/C26H33N3O3/c1-5-8-9-18-24(30)28(7-3)21(6-2)25-27-20-15-11-10-14-19(20)26(31)29(25)22-16-12-13-17-23(22)32-4/h10-17,21H,5-9,18H2,1-4H3. The molecule has 3 aromatic rings. The molecule has 32 heavy (non-hydrogen) atoms. The van der Waals surface area contributed by atoms with Gasteiger partial charge in [0, 0.05) is 13.0 Å². The van der Waals surface area contributed by atoms with Gasteiger partial charge in [-0.1, -0.05) is 51.0 Å². The summed E-state index contributed by atoms with van der Waals surface area (Å²) in [6.45, 7) is 6.69. The van der Waals surface area contributed by atoms with Crippen molar-refractivity contribution in [2.24, 2.45) is 0 Å². The molecule has 0 saturated carbocycles. The van der Waals surface area contributed by atoms with E-state index in [4.69, 9.17) is 9.72 Å². The molecule has 0 aliphatic rings. The summed E-state index contributed by atoms with van der Waals surface area (Å²) in [5, 5.41) is 0.536. The van der Waals surface area contributed by atoms with E-state index in [0.717, 1.165) is 19.3 Å². The molecule has 1 heterocycles. The van der Waals surface area contributed by atoms with Crippen LogP contribution in [0.15, 0.2) is 53.3 Å². The Labute approximate surface area is 189 Å². The van der Waals surface area contributed by atoms with E-state index in [0.29, 0.717) is 47.6 Å². The van der Waals surface area contributed by atoms with E-state index in [1.165, 1.54) is 0 Å². The highest BCUT2D eigenvalue weighted by atomic mass is 16.5. The fourth-order valence-electron chi connectivity index (χ4n) is 4.20. The van der Waals surface area contributed by atoms with Crippen LogP contribution in [-0.4, -0.2) is 34.0 Å². The van der Waals surface area contributed by atoms with Gasteiger partial charge >= 0.3 is 0 Å². The third-order valence-corrected chi connectivity index (χ3v) is 5.84. The summed E-state index contributed by atoms with van der Waals surface area (Å²) in [7, 11) is 1.59. The zero-order valence-electron chi connectivity index (χ0n) is 19.5. The molecule has 0 spiro atoms. The first-order chi connectivity index (χ1) is 15.6. The van der Waals surface area contributed by atoms with Crippen molar-refractivity contribution in [1.82, 2.24) is 14.5 Å². The molecule has 1 unspecified atom stereocenters. The number of fused-ring (bicyclic) bond motifs is 1. The number of hydrogen-bond donors (Lipinski definition) is 0. The van der Waals surface area contributed by atoms with Gasteiger partial charge in [0.05, 0.1) is 29.7 Å². The predicted octanol–water partition coefficient (Wildman–Crippen LogP) is 5.27. The topological polar surface area (TPSA) is 64.4 Å². The maximum atomic E-state index is 13.7. The molecule has 0 bridgehead atoms. The van der Waals surface area contributed by atoms with Gasteiger partial charge < -0.3 is 9.64 Å². The smallest absolute Gasteiger partial charge is 0.266 e. The highest BCUT2D eigenvalue weighted by Gasteiger charge is 2.28. The number of carbonyl (C=O) groups excluding carboxylic acids is 1. The molecule has 0 saturated heterocycles. The third kappa shape index (κ3) is 4.69. The fourth-order valence-corrected chi connectivity index (χ4v) is 4.20. The van der Waals surface area contributed by atoms with Crippen molar-refractivity contribution in [2.75, 3.05) is 13.7 Å². The van der Waals surface area contributed by atoms with E-state index in [2.05, 4.69) is 6.92 Å². The van der Waals surface area contributed by atoms with Gasteiger partial charge in [-0.05, 0) is 44.0 Å². The monoisotopic (exact) mass is 435 g/mol. The first-order valence-corrected chi connectivity index (χ1v) is 11.5. The lowest BCUT2D eigenvalue weighted by molar-refractivity contribution is -0.133. The summed E-state index contributed by atoms with van der Waals surface area (Å²) in [4.78, 5) is 33.6. The van der Waals surface area contributed by atoms with E-state index >= 15 is 0 Å². The lowest BCUT2D eigenvalue weighted by Crippen LogP contribution is -2.38. The van der Waals surface area contributed by atoms with E-state index in [1.54, 1.807) is 17.7 Å². The Morgan fingerprint density at radius 3 is 2.47 bits per heavy atom. The van der Waals surface area contributed by atoms with Crippen molar-refractivity contribution in [1.29, 1.82) is 0 Å². The lowest BCUT2D eigenvalue weighted by atomic mass is 10.1. The zero-order valence-corrected chi connectivity index (χ0v) is 19.5. The van der Waals surface area contributed by atoms with Crippen molar-refractivity contribution in [3.63, 3.8) is 0 Å². The number of unbranched alkanes of at least 4 members (excludes halogenated alkanes) is 2. The Morgan fingerprint density at radius 2 is 1.78 bits per heavy atom. The molecule has 3 rings (SSSR count). The summed E-state index contributed by atoms with van der Waals surface area (Å²) in [5.74, 6) is 1.24. The molecule has 1 aromatic heterocycles. The summed E-state index contributed by atoms with van der Waals surface area (Å²) >= 11 is 0. The molecule has 0 aliphatic heterocycles.